The normalized spacial score (nSPS) is 12.2. The van der Waals surface area contributed by atoms with Gasteiger partial charge in [-0.25, -0.2) is 0 Å². The highest BCUT2D eigenvalue weighted by molar-refractivity contribution is 8.00. The maximum Gasteiger partial charge on any atom is 0.233 e. The summed E-state index contributed by atoms with van der Waals surface area (Å²) >= 11 is 7.43. The first kappa shape index (κ1) is 15.4. The van der Waals surface area contributed by atoms with E-state index >= 15 is 0 Å². The monoisotopic (exact) mass is 285 g/mol. The quantitative estimate of drug-likeness (QED) is 0.603. The molecule has 1 atom stereocenters. The summed E-state index contributed by atoms with van der Waals surface area (Å²) in [4.78, 5) is 13.0. The fraction of sp³-hybridized carbons (Fsp3) is 0.500. The SMILES string of the molecule is CCCCNC(=O)[C@H](CC)Sc1ccc(Cl)cc1. The Morgan fingerprint density at radius 2 is 2.00 bits per heavy atom. The van der Waals surface area contributed by atoms with E-state index in [0.717, 1.165) is 35.7 Å². The van der Waals surface area contributed by atoms with Gasteiger partial charge in [-0.05, 0) is 37.1 Å². The Bertz CT molecular complexity index is 367. The molecule has 0 radical (unpaired) electrons. The molecule has 0 saturated heterocycles. The Kier molecular flexibility index (Phi) is 7.21. The van der Waals surface area contributed by atoms with E-state index < -0.39 is 0 Å². The second-order valence-corrected chi connectivity index (χ2v) is 5.83. The van der Waals surface area contributed by atoms with Crippen molar-refractivity contribution >= 4 is 29.3 Å². The van der Waals surface area contributed by atoms with Gasteiger partial charge in [-0.3, -0.25) is 4.79 Å². The third kappa shape index (κ3) is 5.32. The zero-order valence-electron chi connectivity index (χ0n) is 10.9. The molecule has 0 fully saturated rings. The van der Waals surface area contributed by atoms with E-state index in [0.29, 0.717) is 0 Å². The van der Waals surface area contributed by atoms with E-state index in [-0.39, 0.29) is 11.2 Å². The Morgan fingerprint density at radius 1 is 1.33 bits per heavy atom. The molecular formula is C14H20ClNOS. The summed E-state index contributed by atoms with van der Waals surface area (Å²) in [5.41, 5.74) is 0. The number of unbranched alkanes of at least 4 members (excludes halogenated alkanes) is 1. The lowest BCUT2D eigenvalue weighted by molar-refractivity contribution is -0.120. The summed E-state index contributed by atoms with van der Waals surface area (Å²) in [5, 5.41) is 3.68. The van der Waals surface area contributed by atoms with Gasteiger partial charge in [0.25, 0.3) is 0 Å². The van der Waals surface area contributed by atoms with E-state index in [1.54, 1.807) is 11.8 Å². The first-order valence-electron chi connectivity index (χ1n) is 6.37. The Balaban J connectivity index is 2.50. The lowest BCUT2D eigenvalue weighted by atomic mass is 10.3. The molecule has 0 aliphatic heterocycles. The molecule has 0 aromatic heterocycles. The third-order valence-electron chi connectivity index (χ3n) is 2.58. The predicted molar refractivity (Wildman–Crippen MR) is 79.3 cm³/mol. The summed E-state index contributed by atoms with van der Waals surface area (Å²) < 4.78 is 0. The minimum Gasteiger partial charge on any atom is -0.355 e. The summed E-state index contributed by atoms with van der Waals surface area (Å²) in [7, 11) is 0. The van der Waals surface area contributed by atoms with Crippen molar-refractivity contribution < 1.29 is 4.79 Å². The molecule has 1 rings (SSSR count). The van der Waals surface area contributed by atoms with Crippen LogP contribution >= 0.6 is 23.4 Å². The number of carbonyl (C=O) groups is 1. The summed E-state index contributed by atoms with van der Waals surface area (Å²) in [6.07, 6.45) is 2.96. The molecule has 4 heteroatoms. The summed E-state index contributed by atoms with van der Waals surface area (Å²) in [6, 6.07) is 7.61. The number of carbonyl (C=O) groups excluding carboxylic acids is 1. The number of benzene rings is 1. The number of halogens is 1. The van der Waals surface area contributed by atoms with Gasteiger partial charge in [0.15, 0.2) is 0 Å². The largest absolute Gasteiger partial charge is 0.355 e. The van der Waals surface area contributed by atoms with Crippen LogP contribution in [0.1, 0.15) is 33.1 Å². The Hall–Kier alpha value is -0.670. The fourth-order valence-electron chi connectivity index (χ4n) is 1.50. The van der Waals surface area contributed by atoms with Crippen molar-refractivity contribution in [3.8, 4) is 0 Å². The van der Waals surface area contributed by atoms with E-state index in [9.17, 15) is 4.79 Å². The highest BCUT2D eigenvalue weighted by Crippen LogP contribution is 2.26. The predicted octanol–water partition coefficient (Wildman–Crippen LogP) is 4.13. The van der Waals surface area contributed by atoms with Gasteiger partial charge in [0.05, 0.1) is 5.25 Å². The molecule has 0 heterocycles. The zero-order chi connectivity index (χ0) is 13.4. The van der Waals surface area contributed by atoms with Crippen LogP contribution in [0, 0.1) is 0 Å². The van der Waals surface area contributed by atoms with E-state index in [1.807, 2.05) is 31.2 Å². The smallest absolute Gasteiger partial charge is 0.233 e. The molecule has 1 amide bonds. The maximum atomic E-state index is 12.0. The topological polar surface area (TPSA) is 29.1 Å². The minimum absolute atomic E-state index is 0.0250. The number of hydrogen-bond donors (Lipinski definition) is 1. The lowest BCUT2D eigenvalue weighted by Gasteiger charge is -2.14. The van der Waals surface area contributed by atoms with E-state index in [2.05, 4.69) is 12.2 Å². The van der Waals surface area contributed by atoms with Crippen LogP contribution in [-0.2, 0) is 4.79 Å². The highest BCUT2D eigenvalue weighted by Gasteiger charge is 2.17. The second kappa shape index (κ2) is 8.44. The van der Waals surface area contributed by atoms with Crippen molar-refractivity contribution in [3.63, 3.8) is 0 Å². The second-order valence-electron chi connectivity index (χ2n) is 4.11. The summed E-state index contributed by atoms with van der Waals surface area (Å²) in [5.74, 6) is 0.130. The van der Waals surface area contributed by atoms with Crippen LogP contribution in [-0.4, -0.2) is 17.7 Å². The van der Waals surface area contributed by atoms with Crippen LogP contribution in [0.15, 0.2) is 29.2 Å². The molecule has 18 heavy (non-hydrogen) atoms. The molecule has 0 aliphatic carbocycles. The number of nitrogens with one attached hydrogen (secondary N) is 1. The average Bonchev–Trinajstić information content (AvgIpc) is 2.38. The number of hydrogen-bond acceptors (Lipinski definition) is 2. The molecule has 1 N–H and O–H groups in total. The molecule has 2 nitrogen and oxygen atoms in total. The standard InChI is InChI=1S/C14H20ClNOS/c1-3-5-10-16-14(17)13(4-2)18-12-8-6-11(15)7-9-12/h6-9,13H,3-5,10H2,1-2H3,(H,16,17)/t13-/m0/s1. The average molecular weight is 286 g/mol. The van der Waals surface area contributed by atoms with Gasteiger partial charge in [0.2, 0.25) is 5.91 Å². The molecule has 1 aromatic carbocycles. The Labute approximate surface area is 118 Å². The van der Waals surface area contributed by atoms with Gasteiger partial charge in [-0.15, -0.1) is 11.8 Å². The van der Waals surface area contributed by atoms with Gasteiger partial charge >= 0.3 is 0 Å². The molecule has 0 saturated carbocycles. The van der Waals surface area contributed by atoms with Crippen molar-refractivity contribution in [2.24, 2.45) is 0 Å². The van der Waals surface area contributed by atoms with Crippen LogP contribution in [0.25, 0.3) is 0 Å². The van der Waals surface area contributed by atoms with Gasteiger partial charge in [0.1, 0.15) is 0 Å². The van der Waals surface area contributed by atoms with Crippen LogP contribution in [0.3, 0.4) is 0 Å². The number of rotatable bonds is 7. The van der Waals surface area contributed by atoms with Crippen molar-refractivity contribution in [3.05, 3.63) is 29.3 Å². The first-order valence-corrected chi connectivity index (χ1v) is 7.63. The Morgan fingerprint density at radius 3 is 2.56 bits per heavy atom. The zero-order valence-corrected chi connectivity index (χ0v) is 12.5. The van der Waals surface area contributed by atoms with Crippen molar-refractivity contribution in [2.75, 3.05) is 6.54 Å². The van der Waals surface area contributed by atoms with Gasteiger partial charge in [-0.2, -0.15) is 0 Å². The molecule has 100 valence electrons. The van der Waals surface area contributed by atoms with E-state index in [1.165, 1.54) is 0 Å². The van der Waals surface area contributed by atoms with Crippen molar-refractivity contribution in [1.29, 1.82) is 0 Å². The molecular weight excluding hydrogens is 266 g/mol. The van der Waals surface area contributed by atoms with Crippen molar-refractivity contribution in [1.82, 2.24) is 5.32 Å². The van der Waals surface area contributed by atoms with Crippen LogP contribution in [0.4, 0.5) is 0 Å². The first-order chi connectivity index (χ1) is 8.67. The van der Waals surface area contributed by atoms with Crippen LogP contribution in [0.5, 0.6) is 0 Å². The van der Waals surface area contributed by atoms with Crippen LogP contribution < -0.4 is 5.32 Å². The fourth-order valence-corrected chi connectivity index (χ4v) is 2.61. The summed E-state index contributed by atoms with van der Waals surface area (Å²) in [6.45, 7) is 4.92. The van der Waals surface area contributed by atoms with Crippen LogP contribution in [0.2, 0.25) is 5.02 Å². The molecule has 0 bridgehead atoms. The molecule has 0 unspecified atom stereocenters. The third-order valence-corrected chi connectivity index (χ3v) is 4.21. The van der Waals surface area contributed by atoms with E-state index in [4.69, 9.17) is 11.6 Å². The van der Waals surface area contributed by atoms with Gasteiger partial charge in [0, 0.05) is 16.5 Å². The highest BCUT2D eigenvalue weighted by atomic mass is 35.5. The minimum atomic E-state index is -0.0250. The number of amides is 1. The van der Waals surface area contributed by atoms with Gasteiger partial charge < -0.3 is 5.32 Å². The lowest BCUT2D eigenvalue weighted by Crippen LogP contribution is -2.32. The molecule has 0 spiro atoms. The maximum absolute atomic E-state index is 12.0. The number of thioether (sulfide) groups is 1. The molecule has 1 aromatic rings. The van der Waals surface area contributed by atoms with Crippen molar-refractivity contribution in [2.45, 2.75) is 43.3 Å². The van der Waals surface area contributed by atoms with Gasteiger partial charge in [-0.1, -0.05) is 31.9 Å². The molecule has 0 aliphatic rings.